The summed E-state index contributed by atoms with van der Waals surface area (Å²) in [7, 11) is 0. The molecule has 0 saturated carbocycles. The number of hydrogen-bond acceptors (Lipinski definition) is 6. The molecular formula is C23H22N4O2S2. The second-order valence-corrected chi connectivity index (χ2v) is 9.82. The summed E-state index contributed by atoms with van der Waals surface area (Å²) in [5.41, 5.74) is 2.14. The number of benzene rings is 1. The second kappa shape index (κ2) is 9.08. The molecule has 0 saturated heterocycles. The van der Waals surface area contributed by atoms with Crippen molar-refractivity contribution in [2.45, 2.75) is 49.6 Å². The minimum Gasteiger partial charge on any atom is -0.325 e. The minimum absolute atomic E-state index is 0.0545. The van der Waals surface area contributed by atoms with Gasteiger partial charge in [-0.25, -0.2) is 4.98 Å². The fourth-order valence-corrected chi connectivity index (χ4v) is 5.94. The first-order valence-corrected chi connectivity index (χ1v) is 11.8. The van der Waals surface area contributed by atoms with Gasteiger partial charge >= 0.3 is 0 Å². The molecule has 2 heterocycles. The molecule has 1 aliphatic carbocycles. The first-order chi connectivity index (χ1) is 15.0. The highest BCUT2D eigenvalue weighted by molar-refractivity contribution is 8.00. The van der Waals surface area contributed by atoms with Gasteiger partial charge in [-0.15, -0.1) is 17.9 Å². The molecule has 1 aliphatic rings. The van der Waals surface area contributed by atoms with E-state index in [1.54, 1.807) is 53.2 Å². The number of carbonyl (C=O) groups excluding carboxylic acids is 1. The van der Waals surface area contributed by atoms with Crippen molar-refractivity contribution in [2.24, 2.45) is 0 Å². The lowest BCUT2D eigenvalue weighted by atomic mass is 9.97. The van der Waals surface area contributed by atoms with Crippen LogP contribution in [0.4, 0.5) is 5.69 Å². The smallest absolute Gasteiger partial charge is 0.263 e. The van der Waals surface area contributed by atoms with Gasteiger partial charge in [0.1, 0.15) is 4.83 Å². The first kappa shape index (κ1) is 21.3. The number of anilines is 1. The minimum atomic E-state index is -0.485. The van der Waals surface area contributed by atoms with Crippen LogP contribution < -0.4 is 10.9 Å². The Kier molecular flexibility index (Phi) is 6.25. The molecule has 6 nitrogen and oxygen atoms in total. The molecule has 1 N–H and O–H groups in total. The van der Waals surface area contributed by atoms with Gasteiger partial charge in [0.25, 0.3) is 5.56 Å². The molecule has 158 valence electrons. The van der Waals surface area contributed by atoms with Gasteiger partial charge in [-0.05, 0) is 56.4 Å². The molecule has 0 aliphatic heterocycles. The molecule has 1 unspecified atom stereocenters. The maximum Gasteiger partial charge on any atom is 0.263 e. The third-order valence-electron chi connectivity index (χ3n) is 5.26. The van der Waals surface area contributed by atoms with E-state index < -0.39 is 5.25 Å². The van der Waals surface area contributed by atoms with E-state index in [9.17, 15) is 9.59 Å². The molecule has 31 heavy (non-hydrogen) atoms. The van der Waals surface area contributed by atoms with E-state index in [1.807, 2.05) is 0 Å². The van der Waals surface area contributed by atoms with Crippen LogP contribution in [0, 0.1) is 11.3 Å². The van der Waals surface area contributed by atoms with E-state index in [0.717, 1.165) is 41.5 Å². The zero-order chi connectivity index (χ0) is 22.0. The number of nitrogens with zero attached hydrogens (tertiary/aromatic N) is 3. The highest BCUT2D eigenvalue weighted by atomic mass is 32.2. The molecule has 0 bridgehead atoms. The number of allylic oxidation sites excluding steroid dienone is 1. The predicted octanol–water partition coefficient (Wildman–Crippen LogP) is 4.51. The van der Waals surface area contributed by atoms with Gasteiger partial charge in [0.05, 0.1) is 22.3 Å². The zero-order valence-electron chi connectivity index (χ0n) is 17.2. The largest absolute Gasteiger partial charge is 0.325 e. The molecular weight excluding hydrogens is 428 g/mol. The monoisotopic (exact) mass is 450 g/mol. The van der Waals surface area contributed by atoms with Gasteiger partial charge in [0.15, 0.2) is 5.16 Å². The van der Waals surface area contributed by atoms with E-state index in [0.29, 0.717) is 23.0 Å². The van der Waals surface area contributed by atoms with Crippen molar-refractivity contribution in [2.75, 3.05) is 5.32 Å². The van der Waals surface area contributed by atoms with Crippen LogP contribution in [0.1, 0.15) is 35.8 Å². The van der Waals surface area contributed by atoms with Crippen LogP contribution in [0.15, 0.2) is 46.9 Å². The van der Waals surface area contributed by atoms with E-state index in [-0.39, 0.29) is 11.5 Å². The molecule has 4 rings (SSSR count). The summed E-state index contributed by atoms with van der Waals surface area (Å²) in [5.74, 6) is -0.218. The third-order valence-corrected chi connectivity index (χ3v) is 7.54. The number of hydrogen-bond donors (Lipinski definition) is 1. The predicted molar refractivity (Wildman–Crippen MR) is 126 cm³/mol. The first-order valence-electron chi connectivity index (χ1n) is 10.2. The Morgan fingerprint density at radius 2 is 2.26 bits per heavy atom. The summed E-state index contributed by atoms with van der Waals surface area (Å²) in [6.45, 7) is 5.90. The summed E-state index contributed by atoms with van der Waals surface area (Å²) >= 11 is 2.86. The lowest BCUT2D eigenvalue weighted by molar-refractivity contribution is -0.115. The van der Waals surface area contributed by atoms with Crippen molar-refractivity contribution in [3.8, 4) is 6.07 Å². The van der Waals surface area contributed by atoms with Gasteiger partial charge < -0.3 is 5.32 Å². The summed E-state index contributed by atoms with van der Waals surface area (Å²) in [5, 5.41) is 12.6. The van der Waals surface area contributed by atoms with Crippen molar-refractivity contribution in [1.82, 2.24) is 9.55 Å². The molecule has 0 spiro atoms. The number of aromatic nitrogens is 2. The van der Waals surface area contributed by atoms with Crippen LogP contribution in [0.3, 0.4) is 0 Å². The van der Waals surface area contributed by atoms with Gasteiger partial charge in [-0.2, -0.15) is 5.26 Å². The van der Waals surface area contributed by atoms with Gasteiger partial charge in [0, 0.05) is 17.1 Å². The molecule has 8 heteroatoms. The van der Waals surface area contributed by atoms with Gasteiger partial charge in [-0.3, -0.25) is 14.2 Å². The summed E-state index contributed by atoms with van der Waals surface area (Å²) in [4.78, 5) is 32.9. The number of amides is 1. The second-order valence-electron chi connectivity index (χ2n) is 7.43. The van der Waals surface area contributed by atoms with Crippen LogP contribution in [0.25, 0.3) is 10.2 Å². The number of nitrogens with one attached hydrogen (secondary N) is 1. The fourth-order valence-electron chi connectivity index (χ4n) is 3.72. The third kappa shape index (κ3) is 4.29. The maximum atomic E-state index is 13.3. The molecule has 3 aromatic rings. The van der Waals surface area contributed by atoms with Crippen molar-refractivity contribution in [1.29, 1.82) is 5.26 Å². The maximum absolute atomic E-state index is 13.3. The average molecular weight is 451 g/mol. The number of fused-ring (bicyclic) bond motifs is 3. The Morgan fingerprint density at radius 1 is 1.45 bits per heavy atom. The highest BCUT2D eigenvalue weighted by Gasteiger charge is 2.24. The quantitative estimate of drug-likeness (QED) is 0.339. The fraction of sp³-hybridized carbons (Fsp3) is 0.304. The number of aryl methyl sites for hydroxylation is 2. The Balaban J connectivity index is 1.64. The molecule has 1 aromatic carbocycles. The average Bonchev–Trinajstić information content (AvgIpc) is 3.15. The normalized spacial score (nSPS) is 13.9. The standard InChI is InChI=1S/C23H22N4O2S2/c1-3-11-27-22(29)19-17-9-4-5-10-18(17)31-21(19)26-23(27)30-14(2)20(28)25-16-8-6-7-15(12-16)13-24/h3,6-8,12,14H,1,4-5,9-11H2,2H3,(H,25,28). The topological polar surface area (TPSA) is 87.8 Å². The molecule has 1 atom stereocenters. The van der Waals surface area contributed by atoms with E-state index in [1.165, 1.54) is 16.6 Å². The Morgan fingerprint density at radius 3 is 3.03 bits per heavy atom. The van der Waals surface area contributed by atoms with Crippen LogP contribution >= 0.6 is 23.1 Å². The van der Waals surface area contributed by atoms with E-state index in [4.69, 9.17) is 10.2 Å². The molecule has 0 radical (unpaired) electrons. The van der Waals surface area contributed by atoms with Crippen molar-refractivity contribution < 1.29 is 4.79 Å². The number of carbonyl (C=O) groups is 1. The van der Waals surface area contributed by atoms with Crippen LogP contribution in [-0.4, -0.2) is 20.7 Å². The van der Waals surface area contributed by atoms with Crippen LogP contribution in [0.5, 0.6) is 0 Å². The van der Waals surface area contributed by atoms with E-state index in [2.05, 4.69) is 18.0 Å². The molecule has 1 amide bonds. The number of rotatable bonds is 6. The van der Waals surface area contributed by atoms with Crippen molar-refractivity contribution >= 4 is 44.9 Å². The van der Waals surface area contributed by atoms with E-state index >= 15 is 0 Å². The lowest BCUT2D eigenvalue weighted by Crippen LogP contribution is -2.27. The highest BCUT2D eigenvalue weighted by Crippen LogP contribution is 2.35. The Labute approximate surface area is 188 Å². The number of nitriles is 1. The Hall–Kier alpha value is -2.89. The number of thioether (sulfide) groups is 1. The summed E-state index contributed by atoms with van der Waals surface area (Å²) in [6, 6.07) is 8.84. The SMILES string of the molecule is C=CCn1c(SC(C)C(=O)Nc2cccc(C#N)c2)nc2sc3c(c2c1=O)CCCC3. The summed E-state index contributed by atoms with van der Waals surface area (Å²) < 4.78 is 1.61. The zero-order valence-corrected chi connectivity index (χ0v) is 18.8. The van der Waals surface area contributed by atoms with Crippen molar-refractivity contribution in [3.05, 3.63) is 63.3 Å². The molecule has 0 fully saturated rings. The Bertz CT molecular complexity index is 1270. The van der Waals surface area contributed by atoms with Crippen molar-refractivity contribution in [3.63, 3.8) is 0 Å². The number of thiophene rings is 1. The van der Waals surface area contributed by atoms with Gasteiger partial charge in [0.2, 0.25) is 5.91 Å². The van der Waals surface area contributed by atoms with Crippen LogP contribution in [-0.2, 0) is 24.2 Å². The summed E-state index contributed by atoms with van der Waals surface area (Å²) in [6.07, 6.45) is 5.84. The van der Waals surface area contributed by atoms with Gasteiger partial charge in [-0.1, -0.05) is 23.9 Å². The molecule has 2 aromatic heterocycles. The lowest BCUT2D eigenvalue weighted by Gasteiger charge is -2.15. The van der Waals surface area contributed by atoms with Crippen LogP contribution in [0.2, 0.25) is 0 Å².